The Morgan fingerprint density at radius 1 is 1.19 bits per heavy atom. The van der Waals surface area contributed by atoms with Crippen molar-refractivity contribution in [3.63, 3.8) is 0 Å². The van der Waals surface area contributed by atoms with Crippen LogP contribution in [0, 0.1) is 6.92 Å². The van der Waals surface area contributed by atoms with Crippen LogP contribution in [0.1, 0.15) is 12.0 Å². The highest BCUT2D eigenvalue weighted by molar-refractivity contribution is 7.91. The van der Waals surface area contributed by atoms with Gasteiger partial charge in [0.25, 0.3) is 0 Å². The number of pyridine rings is 1. The maximum absolute atomic E-state index is 12.5. The molecule has 1 aromatic carbocycles. The first-order valence-electron chi connectivity index (χ1n) is 8.74. The number of urea groups is 1. The van der Waals surface area contributed by atoms with Gasteiger partial charge in [-0.15, -0.1) is 0 Å². The topological polar surface area (TPSA) is 92.6 Å². The average molecular weight is 384 g/mol. The van der Waals surface area contributed by atoms with Gasteiger partial charge in [0, 0.05) is 17.8 Å². The molecule has 2 aromatic heterocycles. The molecule has 4 rings (SSSR count). The molecule has 27 heavy (non-hydrogen) atoms. The first-order valence-corrected chi connectivity index (χ1v) is 10.6. The summed E-state index contributed by atoms with van der Waals surface area (Å²) in [6.07, 6.45) is 2.28. The van der Waals surface area contributed by atoms with Crippen LogP contribution in [0.4, 0.5) is 10.6 Å². The number of aromatic nitrogens is 2. The summed E-state index contributed by atoms with van der Waals surface area (Å²) in [4.78, 5) is 17.2. The van der Waals surface area contributed by atoms with Crippen molar-refractivity contribution >= 4 is 27.3 Å². The van der Waals surface area contributed by atoms with Gasteiger partial charge in [0.15, 0.2) is 9.84 Å². The Bertz CT molecular complexity index is 1110. The number of amides is 2. The van der Waals surface area contributed by atoms with E-state index in [1.54, 1.807) is 0 Å². The van der Waals surface area contributed by atoms with Crippen LogP contribution < -0.4 is 10.6 Å². The number of nitrogens with zero attached hydrogens (tertiary/aromatic N) is 2. The van der Waals surface area contributed by atoms with Gasteiger partial charge in [-0.25, -0.2) is 18.2 Å². The van der Waals surface area contributed by atoms with Gasteiger partial charge in [0.05, 0.1) is 11.5 Å². The summed E-state index contributed by atoms with van der Waals surface area (Å²) in [5.41, 5.74) is 3.30. The van der Waals surface area contributed by atoms with Crippen LogP contribution in [0.25, 0.3) is 16.9 Å². The monoisotopic (exact) mass is 384 g/mol. The molecule has 1 fully saturated rings. The minimum atomic E-state index is -3.05. The molecule has 0 radical (unpaired) electrons. The van der Waals surface area contributed by atoms with Crippen molar-refractivity contribution < 1.29 is 13.2 Å². The number of benzene rings is 1. The lowest BCUT2D eigenvalue weighted by atomic mass is 10.1. The molecule has 140 valence electrons. The summed E-state index contributed by atoms with van der Waals surface area (Å²) < 4.78 is 25.0. The van der Waals surface area contributed by atoms with E-state index in [2.05, 4.69) is 10.6 Å². The highest BCUT2D eigenvalue weighted by Gasteiger charge is 2.29. The van der Waals surface area contributed by atoms with Crippen LogP contribution in [0.15, 0.2) is 48.7 Å². The Balaban J connectivity index is 1.68. The molecule has 1 atom stereocenters. The number of imidazole rings is 1. The number of aryl methyl sites for hydroxylation is 1. The largest absolute Gasteiger partial charge is 0.334 e. The number of carbonyl (C=O) groups excluding carboxylic acids is 1. The molecular formula is C19H20N4O3S. The lowest BCUT2D eigenvalue weighted by molar-refractivity contribution is 0.249. The number of nitrogens with one attached hydrogen (secondary N) is 2. The third-order valence-electron chi connectivity index (χ3n) is 4.69. The third kappa shape index (κ3) is 3.52. The zero-order chi connectivity index (χ0) is 19.0. The molecule has 8 heteroatoms. The Kier molecular flexibility index (Phi) is 4.35. The molecule has 2 amide bonds. The minimum Gasteiger partial charge on any atom is -0.334 e. The second kappa shape index (κ2) is 6.70. The normalized spacial score (nSPS) is 18.5. The molecule has 1 aliphatic rings. The Labute approximate surface area is 157 Å². The van der Waals surface area contributed by atoms with E-state index in [9.17, 15) is 13.2 Å². The Hall–Kier alpha value is -2.87. The predicted molar refractivity (Wildman–Crippen MR) is 105 cm³/mol. The quantitative estimate of drug-likeness (QED) is 0.726. The van der Waals surface area contributed by atoms with Gasteiger partial charge in [-0.2, -0.15) is 0 Å². The van der Waals surface area contributed by atoms with Gasteiger partial charge in [0.1, 0.15) is 17.2 Å². The number of fused-ring (bicyclic) bond motifs is 1. The number of carbonyl (C=O) groups is 1. The highest BCUT2D eigenvalue weighted by Crippen LogP contribution is 2.29. The van der Waals surface area contributed by atoms with Crippen molar-refractivity contribution in [3.8, 4) is 11.3 Å². The van der Waals surface area contributed by atoms with E-state index in [0.29, 0.717) is 17.9 Å². The molecule has 1 unspecified atom stereocenters. The molecule has 0 aliphatic carbocycles. The highest BCUT2D eigenvalue weighted by atomic mass is 32.2. The van der Waals surface area contributed by atoms with Crippen LogP contribution in [-0.2, 0) is 9.84 Å². The number of hydrogen-bond donors (Lipinski definition) is 2. The first-order chi connectivity index (χ1) is 12.9. The van der Waals surface area contributed by atoms with E-state index < -0.39 is 15.9 Å². The van der Waals surface area contributed by atoms with Crippen molar-refractivity contribution in [3.05, 3.63) is 54.2 Å². The fourth-order valence-corrected chi connectivity index (χ4v) is 5.03. The molecule has 0 saturated carbocycles. The Morgan fingerprint density at radius 3 is 2.67 bits per heavy atom. The van der Waals surface area contributed by atoms with Crippen LogP contribution in [0.5, 0.6) is 0 Å². The average Bonchev–Trinajstić information content (AvgIpc) is 3.17. The standard InChI is InChI=1S/C19H20N4O3S/c1-13-6-5-10-23-17(13)21-16(14-7-3-2-4-8-14)18(23)22-19(24)20-15-9-11-27(25,26)12-15/h2-8,10,15H,9,11-12H2,1H3,(H2,20,22,24). The summed E-state index contributed by atoms with van der Waals surface area (Å²) in [5, 5.41) is 5.63. The number of anilines is 1. The molecule has 7 nitrogen and oxygen atoms in total. The second-order valence-electron chi connectivity index (χ2n) is 6.76. The van der Waals surface area contributed by atoms with Gasteiger partial charge in [-0.1, -0.05) is 36.4 Å². The SMILES string of the molecule is Cc1cccn2c(NC(=O)NC3CCS(=O)(=O)C3)c(-c3ccccc3)nc12. The molecular weight excluding hydrogens is 364 g/mol. The smallest absolute Gasteiger partial charge is 0.320 e. The minimum absolute atomic E-state index is 0.0157. The van der Waals surface area contributed by atoms with Gasteiger partial charge in [0.2, 0.25) is 0 Å². The van der Waals surface area contributed by atoms with Crippen molar-refractivity contribution in [2.75, 3.05) is 16.8 Å². The van der Waals surface area contributed by atoms with E-state index in [1.165, 1.54) is 0 Å². The van der Waals surface area contributed by atoms with Gasteiger partial charge in [-0.05, 0) is 25.0 Å². The van der Waals surface area contributed by atoms with Gasteiger partial charge < -0.3 is 5.32 Å². The van der Waals surface area contributed by atoms with Crippen LogP contribution in [-0.4, -0.2) is 41.4 Å². The summed E-state index contributed by atoms with van der Waals surface area (Å²) in [6, 6.07) is 12.7. The summed E-state index contributed by atoms with van der Waals surface area (Å²) >= 11 is 0. The molecule has 1 aliphatic heterocycles. The lowest BCUT2D eigenvalue weighted by Crippen LogP contribution is -2.38. The van der Waals surface area contributed by atoms with E-state index in [0.717, 1.165) is 16.8 Å². The fraction of sp³-hybridized carbons (Fsp3) is 0.263. The van der Waals surface area contributed by atoms with E-state index in [4.69, 9.17) is 4.98 Å². The van der Waals surface area contributed by atoms with Gasteiger partial charge in [-0.3, -0.25) is 9.72 Å². The zero-order valence-corrected chi connectivity index (χ0v) is 15.7. The number of hydrogen-bond acceptors (Lipinski definition) is 4. The molecule has 2 N–H and O–H groups in total. The van der Waals surface area contributed by atoms with Crippen molar-refractivity contribution in [2.45, 2.75) is 19.4 Å². The van der Waals surface area contributed by atoms with Crippen molar-refractivity contribution in [1.82, 2.24) is 14.7 Å². The second-order valence-corrected chi connectivity index (χ2v) is 8.99. The van der Waals surface area contributed by atoms with Crippen molar-refractivity contribution in [1.29, 1.82) is 0 Å². The third-order valence-corrected chi connectivity index (χ3v) is 6.46. The molecule has 0 spiro atoms. The van der Waals surface area contributed by atoms with E-state index in [1.807, 2.05) is 60.0 Å². The predicted octanol–water partition coefficient (Wildman–Crippen LogP) is 2.62. The first kappa shape index (κ1) is 17.5. The lowest BCUT2D eigenvalue weighted by Gasteiger charge is -2.13. The Morgan fingerprint density at radius 2 is 1.96 bits per heavy atom. The molecule has 3 aromatic rings. The van der Waals surface area contributed by atoms with Gasteiger partial charge >= 0.3 is 6.03 Å². The molecule has 1 saturated heterocycles. The van der Waals surface area contributed by atoms with Crippen molar-refractivity contribution in [2.24, 2.45) is 0 Å². The molecule has 0 bridgehead atoms. The van der Waals surface area contributed by atoms with Crippen LogP contribution in [0.2, 0.25) is 0 Å². The van der Waals surface area contributed by atoms with Crippen LogP contribution >= 0.6 is 0 Å². The number of rotatable bonds is 3. The summed E-state index contributed by atoms with van der Waals surface area (Å²) in [6.45, 7) is 1.96. The molecule has 3 heterocycles. The zero-order valence-electron chi connectivity index (χ0n) is 14.8. The van der Waals surface area contributed by atoms with E-state index >= 15 is 0 Å². The fourth-order valence-electron chi connectivity index (χ4n) is 3.36. The maximum Gasteiger partial charge on any atom is 0.320 e. The summed E-state index contributed by atoms with van der Waals surface area (Å²) in [5.74, 6) is 0.651. The van der Waals surface area contributed by atoms with E-state index in [-0.39, 0.29) is 17.5 Å². The van der Waals surface area contributed by atoms with Crippen LogP contribution in [0.3, 0.4) is 0 Å². The maximum atomic E-state index is 12.5. The summed E-state index contributed by atoms with van der Waals surface area (Å²) in [7, 11) is -3.05. The number of sulfone groups is 1.